The van der Waals surface area contributed by atoms with Crippen LogP contribution in [-0.4, -0.2) is 29.0 Å². The summed E-state index contributed by atoms with van der Waals surface area (Å²) in [5.74, 6) is -0.146. The van der Waals surface area contributed by atoms with E-state index >= 15 is 0 Å². The number of likely N-dealkylation sites (N-methyl/N-ethyl adjacent to an activating group) is 1. The Morgan fingerprint density at radius 1 is 1.16 bits per heavy atom. The summed E-state index contributed by atoms with van der Waals surface area (Å²) in [6.07, 6.45) is -0.984. The van der Waals surface area contributed by atoms with Gasteiger partial charge in [-0.3, -0.25) is 9.78 Å². The first-order chi connectivity index (χ1) is 14.6. The van der Waals surface area contributed by atoms with Gasteiger partial charge in [-0.2, -0.15) is 13.2 Å². The van der Waals surface area contributed by atoms with Crippen molar-refractivity contribution in [3.8, 4) is 0 Å². The number of aryl methyl sites for hydroxylation is 2. The van der Waals surface area contributed by atoms with Gasteiger partial charge in [0.1, 0.15) is 11.9 Å². The van der Waals surface area contributed by atoms with Crippen LogP contribution >= 0.6 is 0 Å². The first-order valence-corrected chi connectivity index (χ1v) is 9.77. The summed E-state index contributed by atoms with van der Waals surface area (Å²) in [7, 11) is 1.67. The van der Waals surface area contributed by atoms with E-state index in [0.29, 0.717) is 17.8 Å². The lowest BCUT2D eigenvalue weighted by atomic mass is 10.1. The van der Waals surface area contributed by atoms with Crippen LogP contribution in [0.25, 0.3) is 0 Å². The number of fused-ring (bicyclic) bond motifs is 1. The molecule has 0 saturated heterocycles. The second-order valence-electron chi connectivity index (χ2n) is 7.68. The second kappa shape index (κ2) is 7.68. The van der Waals surface area contributed by atoms with Crippen LogP contribution in [0.5, 0.6) is 0 Å². The lowest BCUT2D eigenvalue weighted by Crippen LogP contribution is -2.44. The number of anilines is 3. The Hall–Kier alpha value is -3.42. The Labute approximate surface area is 178 Å². The summed E-state index contributed by atoms with van der Waals surface area (Å²) < 4.78 is 40.3. The van der Waals surface area contributed by atoms with E-state index < -0.39 is 17.8 Å². The van der Waals surface area contributed by atoms with Crippen molar-refractivity contribution in [1.29, 1.82) is 0 Å². The molecular formula is C23H21F3N4O. The Kier molecular flexibility index (Phi) is 5.16. The SMILES string of the molecule is Cc1cccc(N(C)C(=O)C2Cc3cnccc3N2c2cc(C(F)(F)F)cc(C)n2)c1. The van der Waals surface area contributed by atoms with Crippen molar-refractivity contribution in [2.75, 3.05) is 16.8 Å². The number of hydrogen-bond acceptors (Lipinski definition) is 4. The summed E-state index contributed by atoms with van der Waals surface area (Å²) in [5.41, 5.74) is 2.57. The first-order valence-electron chi connectivity index (χ1n) is 9.77. The largest absolute Gasteiger partial charge is 0.416 e. The molecule has 31 heavy (non-hydrogen) atoms. The summed E-state index contributed by atoms with van der Waals surface area (Å²) in [6.45, 7) is 3.44. The van der Waals surface area contributed by atoms with Gasteiger partial charge in [-0.05, 0) is 55.3 Å². The van der Waals surface area contributed by atoms with Crippen LogP contribution in [0.15, 0.2) is 54.9 Å². The minimum absolute atomic E-state index is 0.0910. The average molecular weight is 426 g/mol. The summed E-state index contributed by atoms with van der Waals surface area (Å²) >= 11 is 0. The van der Waals surface area contributed by atoms with E-state index in [1.165, 1.54) is 11.8 Å². The molecule has 4 rings (SSSR count). The lowest BCUT2D eigenvalue weighted by molar-refractivity contribution is -0.137. The Morgan fingerprint density at radius 2 is 1.94 bits per heavy atom. The predicted molar refractivity (Wildman–Crippen MR) is 112 cm³/mol. The monoisotopic (exact) mass is 426 g/mol. The van der Waals surface area contributed by atoms with E-state index in [1.807, 2.05) is 31.2 Å². The second-order valence-corrected chi connectivity index (χ2v) is 7.68. The van der Waals surface area contributed by atoms with Gasteiger partial charge < -0.3 is 9.80 Å². The molecule has 8 heteroatoms. The third-order valence-corrected chi connectivity index (χ3v) is 5.38. The maximum atomic E-state index is 13.5. The molecule has 1 unspecified atom stereocenters. The molecule has 0 aliphatic carbocycles. The van der Waals surface area contributed by atoms with E-state index in [4.69, 9.17) is 0 Å². The summed E-state index contributed by atoms with van der Waals surface area (Å²) in [6, 6.07) is 10.5. The highest BCUT2D eigenvalue weighted by Crippen LogP contribution is 2.40. The van der Waals surface area contributed by atoms with Gasteiger partial charge >= 0.3 is 6.18 Å². The molecule has 1 aromatic carbocycles. The van der Waals surface area contributed by atoms with Crippen LogP contribution in [0, 0.1) is 13.8 Å². The third kappa shape index (κ3) is 3.97. The zero-order valence-electron chi connectivity index (χ0n) is 17.3. The normalized spacial score (nSPS) is 15.7. The van der Waals surface area contributed by atoms with Gasteiger partial charge in [-0.25, -0.2) is 4.98 Å². The van der Waals surface area contributed by atoms with Crippen molar-refractivity contribution in [2.45, 2.75) is 32.5 Å². The van der Waals surface area contributed by atoms with Crippen molar-refractivity contribution >= 4 is 23.1 Å². The fourth-order valence-corrected chi connectivity index (χ4v) is 3.89. The highest BCUT2D eigenvalue weighted by Gasteiger charge is 2.39. The van der Waals surface area contributed by atoms with E-state index in [2.05, 4.69) is 9.97 Å². The zero-order chi connectivity index (χ0) is 22.3. The highest BCUT2D eigenvalue weighted by atomic mass is 19.4. The van der Waals surface area contributed by atoms with Crippen molar-refractivity contribution in [3.63, 3.8) is 0 Å². The molecule has 3 heterocycles. The van der Waals surface area contributed by atoms with Gasteiger partial charge in [0.25, 0.3) is 0 Å². The molecule has 0 saturated carbocycles. The van der Waals surface area contributed by atoms with Crippen LogP contribution in [-0.2, 0) is 17.4 Å². The van der Waals surface area contributed by atoms with Gasteiger partial charge in [0.05, 0.1) is 5.56 Å². The maximum absolute atomic E-state index is 13.5. The average Bonchev–Trinajstić information content (AvgIpc) is 3.11. The molecule has 2 aromatic heterocycles. The van der Waals surface area contributed by atoms with Crippen molar-refractivity contribution < 1.29 is 18.0 Å². The van der Waals surface area contributed by atoms with Crippen molar-refractivity contribution in [3.05, 3.63) is 77.2 Å². The molecule has 0 radical (unpaired) electrons. The molecule has 1 amide bonds. The summed E-state index contributed by atoms with van der Waals surface area (Å²) in [4.78, 5) is 25.1. The highest BCUT2D eigenvalue weighted by molar-refractivity contribution is 6.01. The standard InChI is InChI=1S/C23H21F3N4O/c1-14-5-4-6-18(9-14)29(3)22(31)20-11-16-13-27-8-7-19(16)30(20)21-12-17(23(24,25)26)10-15(2)28-21/h4-10,12-13,20H,11H2,1-3H3. The fraction of sp³-hybridized carbons (Fsp3) is 0.261. The third-order valence-electron chi connectivity index (χ3n) is 5.38. The quantitative estimate of drug-likeness (QED) is 0.602. The van der Waals surface area contributed by atoms with Gasteiger partial charge in [0, 0.05) is 42.9 Å². The van der Waals surface area contributed by atoms with Gasteiger partial charge in [0.15, 0.2) is 0 Å². The zero-order valence-corrected chi connectivity index (χ0v) is 17.3. The molecule has 160 valence electrons. The van der Waals surface area contributed by atoms with Crippen LogP contribution in [0.4, 0.5) is 30.4 Å². The van der Waals surface area contributed by atoms with Crippen LogP contribution < -0.4 is 9.80 Å². The molecule has 1 aliphatic heterocycles. The number of nitrogens with zero attached hydrogens (tertiary/aromatic N) is 4. The topological polar surface area (TPSA) is 49.3 Å². The van der Waals surface area contributed by atoms with Crippen LogP contribution in [0.1, 0.15) is 22.4 Å². The molecule has 0 fully saturated rings. The molecular weight excluding hydrogens is 405 g/mol. The number of alkyl halides is 3. The molecule has 5 nitrogen and oxygen atoms in total. The minimum Gasteiger partial charge on any atom is -0.314 e. The lowest BCUT2D eigenvalue weighted by Gasteiger charge is -2.30. The van der Waals surface area contributed by atoms with E-state index in [1.54, 1.807) is 30.4 Å². The fourth-order valence-electron chi connectivity index (χ4n) is 3.89. The number of carbonyl (C=O) groups excluding carboxylic acids is 1. The number of benzene rings is 1. The number of hydrogen-bond donors (Lipinski definition) is 0. The van der Waals surface area contributed by atoms with Crippen molar-refractivity contribution in [2.24, 2.45) is 0 Å². The molecule has 1 atom stereocenters. The van der Waals surface area contributed by atoms with E-state index in [9.17, 15) is 18.0 Å². The van der Waals surface area contributed by atoms with Gasteiger partial charge in [-0.15, -0.1) is 0 Å². The molecule has 3 aromatic rings. The molecule has 1 aliphatic rings. The number of aromatic nitrogens is 2. The van der Waals surface area contributed by atoms with Gasteiger partial charge in [-0.1, -0.05) is 12.1 Å². The molecule has 0 N–H and O–H groups in total. The number of halogens is 3. The van der Waals surface area contributed by atoms with Gasteiger partial charge in [0.2, 0.25) is 5.91 Å². The number of pyridine rings is 2. The van der Waals surface area contributed by atoms with Crippen LogP contribution in [0.2, 0.25) is 0 Å². The predicted octanol–water partition coefficient (Wildman–Crippen LogP) is 4.84. The Balaban J connectivity index is 1.78. The van der Waals surface area contributed by atoms with E-state index in [0.717, 1.165) is 23.3 Å². The molecule has 0 spiro atoms. The summed E-state index contributed by atoms with van der Waals surface area (Å²) in [5, 5.41) is 0. The number of rotatable bonds is 3. The Morgan fingerprint density at radius 3 is 2.65 bits per heavy atom. The first kappa shape index (κ1) is 20.8. The molecule has 0 bridgehead atoms. The smallest absolute Gasteiger partial charge is 0.314 e. The minimum atomic E-state index is -4.51. The van der Waals surface area contributed by atoms with Crippen molar-refractivity contribution in [1.82, 2.24) is 9.97 Å². The van der Waals surface area contributed by atoms with E-state index in [-0.39, 0.29) is 17.4 Å². The number of amides is 1. The Bertz CT molecular complexity index is 1150. The van der Waals surface area contributed by atoms with Crippen LogP contribution in [0.3, 0.4) is 0 Å². The maximum Gasteiger partial charge on any atom is 0.416 e. The number of carbonyl (C=O) groups is 1.